The predicted molar refractivity (Wildman–Crippen MR) is 136 cm³/mol. The second-order valence-corrected chi connectivity index (χ2v) is 10.1. The van der Waals surface area contributed by atoms with E-state index in [-0.39, 0.29) is 16.6 Å². The highest BCUT2D eigenvalue weighted by Crippen LogP contribution is 2.22. The maximum Gasteiger partial charge on any atom is 0.339 e. The predicted octanol–water partition coefficient (Wildman–Crippen LogP) is 4.05. The highest BCUT2D eigenvalue weighted by atomic mass is 32.2. The van der Waals surface area contributed by atoms with Gasteiger partial charge in [0, 0.05) is 38.3 Å². The Kier molecular flexibility index (Phi) is 7.60. The van der Waals surface area contributed by atoms with Gasteiger partial charge in [-0.2, -0.15) is 8.42 Å². The number of hydrogen-bond acceptors (Lipinski definition) is 6. The van der Waals surface area contributed by atoms with Gasteiger partial charge in [0.1, 0.15) is 16.4 Å². The van der Waals surface area contributed by atoms with E-state index in [0.29, 0.717) is 25.9 Å². The van der Waals surface area contributed by atoms with Gasteiger partial charge in [-0.15, -0.1) is 0 Å². The minimum absolute atomic E-state index is 0.116. The van der Waals surface area contributed by atoms with E-state index in [0.717, 1.165) is 35.7 Å². The third kappa shape index (κ3) is 6.33. The van der Waals surface area contributed by atoms with E-state index >= 15 is 0 Å². The molecule has 0 aromatic heterocycles. The van der Waals surface area contributed by atoms with Crippen LogP contribution in [0.4, 0.5) is 5.69 Å². The molecule has 8 heteroatoms. The van der Waals surface area contributed by atoms with Crippen LogP contribution in [0.5, 0.6) is 11.5 Å². The summed E-state index contributed by atoms with van der Waals surface area (Å²) in [5, 5.41) is 0. The summed E-state index contributed by atoms with van der Waals surface area (Å²) < 4.78 is 35.4. The van der Waals surface area contributed by atoms with Gasteiger partial charge >= 0.3 is 10.1 Å². The maximum atomic E-state index is 12.7. The van der Waals surface area contributed by atoms with Crippen LogP contribution in [-0.2, 0) is 21.3 Å². The first kappa shape index (κ1) is 24.6. The van der Waals surface area contributed by atoms with Crippen LogP contribution in [0.1, 0.15) is 17.5 Å². The largest absolute Gasteiger partial charge is 0.497 e. The van der Waals surface area contributed by atoms with Crippen molar-refractivity contribution in [2.45, 2.75) is 24.7 Å². The molecule has 35 heavy (non-hydrogen) atoms. The zero-order valence-electron chi connectivity index (χ0n) is 20.0. The molecular formula is C27H30N2O5S. The average molecular weight is 495 g/mol. The van der Waals surface area contributed by atoms with E-state index in [1.54, 1.807) is 43.5 Å². The number of piperazine rings is 1. The summed E-state index contributed by atoms with van der Waals surface area (Å²) in [6.07, 6.45) is 0.993. The summed E-state index contributed by atoms with van der Waals surface area (Å²) in [6.45, 7) is 4.85. The van der Waals surface area contributed by atoms with Gasteiger partial charge < -0.3 is 18.7 Å². The second-order valence-electron chi connectivity index (χ2n) is 8.56. The number of hydrogen-bond donors (Lipinski definition) is 0. The van der Waals surface area contributed by atoms with Crippen molar-refractivity contribution in [3.8, 4) is 11.5 Å². The van der Waals surface area contributed by atoms with Crippen LogP contribution in [0.3, 0.4) is 0 Å². The van der Waals surface area contributed by atoms with Crippen molar-refractivity contribution in [3.63, 3.8) is 0 Å². The Morgan fingerprint density at radius 3 is 2.03 bits per heavy atom. The molecule has 0 spiro atoms. The first-order valence-corrected chi connectivity index (χ1v) is 13.0. The molecule has 0 unspecified atom stereocenters. The number of carbonyl (C=O) groups excluding carboxylic acids is 1. The molecule has 3 aromatic rings. The van der Waals surface area contributed by atoms with Gasteiger partial charge in [-0.05, 0) is 67.4 Å². The molecule has 0 radical (unpaired) electrons. The van der Waals surface area contributed by atoms with Crippen LogP contribution >= 0.6 is 0 Å². The van der Waals surface area contributed by atoms with E-state index in [9.17, 15) is 13.2 Å². The van der Waals surface area contributed by atoms with Gasteiger partial charge in [0.15, 0.2) is 0 Å². The van der Waals surface area contributed by atoms with Gasteiger partial charge in [-0.3, -0.25) is 4.79 Å². The normalized spacial score (nSPS) is 14.0. The number of amides is 1. The molecule has 7 nitrogen and oxygen atoms in total. The molecule has 0 aliphatic carbocycles. The molecule has 184 valence electrons. The molecule has 0 atom stereocenters. The monoisotopic (exact) mass is 494 g/mol. The zero-order chi connectivity index (χ0) is 24.8. The number of aryl methyl sites for hydroxylation is 2. The summed E-state index contributed by atoms with van der Waals surface area (Å²) in [5.74, 6) is 1.20. The fourth-order valence-electron chi connectivity index (χ4n) is 4.01. The van der Waals surface area contributed by atoms with Gasteiger partial charge in [-0.25, -0.2) is 0 Å². The van der Waals surface area contributed by atoms with E-state index in [1.807, 2.05) is 36.1 Å². The quantitative estimate of drug-likeness (QED) is 0.440. The van der Waals surface area contributed by atoms with Gasteiger partial charge in [-0.1, -0.05) is 29.8 Å². The van der Waals surface area contributed by atoms with Crippen LogP contribution in [-0.4, -0.2) is 52.5 Å². The molecule has 1 amide bonds. The summed E-state index contributed by atoms with van der Waals surface area (Å²) in [7, 11) is -2.23. The zero-order valence-corrected chi connectivity index (χ0v) is 20.8. The molecule has 1 aliphatic rings. The minimum Gasteiger partial charge on any atom is -0.497 e. The molecule has 0 saturated carbocycles. The minimum atomic E-state index is -3.88. The van der Waals surface area contributed by atoms with Crippen molar-refractivity contribution < 1.29 is 22.1 Å². The molecule has 3 aromatic carbocycles. The lowest BCUT2D eigenvalue weighted by Crippen LogP contribution is -2.48. The fraction of sp³-hybridized carbons (Fsp3) is 0.296. The number of benzene rings is 3. The van der Waals surface area contributed by atoms with Crippen LogP contribution in [0.2, 0.25) is 0 Å². The first-order valence-electron chi connectivity index (χ1n) is 11.6. The lowest BCUT2D eigenvalue weighted by atomic mass is 10.1. The molecule has 4 rings (SSSR count). The number of methoxy groups -OCH3 is 1. The highest BCUT2D eigenvalue weighted by molar-refractivity contribution is 7.87. The van der Waals surface area contributed by atoms with Gasteiger partial charge in [0.2, 0.25) is 5.91 Å². The number of rotatable bonds is 8. The fourth-order valence-corrected chi connectivity index (χ4v) is 4.94. The van der Waals surface area contributed by atoms with E-state index < -0.39 is 10.1 Å². The molecule has 1 fully saturated rings. The molecule has 1 aliphatic heterocycles. The number of carbonyl (C=O) groups is 1. The number of nitrogens with zero attached hydrogens (tertiary/aromatic N) is 2. The van der Waals surface area contributed by atoms with Gasteiger partial charge in [0.25, 0.3) is 0 Å². The number of anilines is 1. The van der Waals surface area contributed by atoms with Crippen molar-refractivity contribution >= 4 is 21.7 Å². The van der Waals surface area contributed by atoms with E-state index in [4.69, 9.17) is 8.92 Å². The van der Waals surface area contributed by atoms with Crippen molar-refractivity contribution in [3.05, 3.63) is 83.9 Å². The van der Waals surface area contributed by atoms with E-state index in [1.165, 1.54) is 12.1 Å². The third-order valence-corrected chi connectivity index (χ3v) is 7.40. The standard InChI is InChI=1S/C27H30N2O5S/c1-21-3-14-26(15-4-21)35(31,32)34-25-10-5-22(6-11-25)7-16-27(30)29-19-17-28(18-20-29)23-8-12-24(33-2)13-9-23/h3-6,8-15H,7,16-20H2,1-2H3. The summed E-state index contributed by atoms with van der Waals surface area (Å²) in [5.41, 5.74) is 3.06. The Labute approximate surface area is 207 Å². The number of ether oxygens (including phenoxy) is 1. The Morgan fingerprint density at radius 1 is 0.829 bits per heavy atom. The first-order chi connectivity index (χ1) is 16.8. The van der Waals surface area contributed by atoms with Crippen LogP contribution in [0, 0.1) is 6.92 Å². The summed E-state index contributed by atoms with van der Waals surface area (Å²) in [4.78, 5) is 17.0. The smallest absolute Gasteiger partial charge is 0.339 e. The van der Waals surface area contributed by atoms with Crippen molar-refractivity contribution in [1.29, 1.82) is 0 Å². The summed E-state index contributed by atoms with van der Waals surface area (Å²) >= 11 is 0. The average Bonchev–Trinajstić information content (AvgIpc) is 2.88. The molecule has 0 N–H and O–H groups in total. The lowest BCUT2D eigenvalue weighted by Gasteiger charge is -2.36. The Bertz CT molecular complexity index is 1230. The third-order valence-electron chi connectivity index (χ3n) is 6.14. The van der Waals surface area contributed by atoms with Crippen LogP contribution < -0.4 is 13.8 Å². The molecule has 1 heterocycles. The molecule has 0 bridgehead atoms. The lowest BCUT2D eigenvalue weighted by molar-refractivity contribution is -0.131. The van der Waals surface area contributed by atoms with E-state index in [2.05, 4.69) is 4.90 Å². The van der Waals surface area contributed by atoms with Crippen LogP contribution in [0.25, 0.3) is 0 Å². The van der Waals surface area contributed by atoms with Crippen LogP contribution in [0.15, 0.2) is 77.7 Å². The molecule has 1 saturated heterocycles. The highest BCUT2D eigenvalue weighted by Gasteiger charge is 2.21. The van der Waals surface area contributed by atoms with Crippen molar-refractivity contribution in [2.24, 2.45) is 0 Å². The van der Waals surface area contributed by atoms with Crippen molar-refractivity contribution in [1.82, 2.24) is 4.90 Å². The summed E-state index contributed by atoms with van der Waals surface area (Å²) in [6, 6.07) is 21.3. The maximum absolute atomic E-state index is 12.7. The topological polar surface area (TPSA) is 76.2 Å². The Balaban J connectivity index is 1.25. The Hall–Kier alpha value is -3.52. The van der Waals surface area contributed by atoms with Crippen molar-refractivity contribution in [2.75, 3.05) is 38.2 Å². The Morgan fingerprint density at radius 2 is 1.43 bits per heavy atom. The van der Waals surface area contributed by atoms with Gasteiger partial charge in [0.05, 0.1) is 7.11 Å². The SMILES string of the molecule is COc1ccc(N2CCN(C(=O)CCc3ccc(OS(=O)(=O)c4ccc(C)cc4)cc3)CC2)cc1. The second kappa shape index (κ2) is 10.8. The molecular weight excluding hydrogens is 464 g/mol.